The van der Waals surface area contributed by atoms with Crippen LogP contribution < -0.4 is 11.1 Å². The maximum absolute atomic E-state index is 13.2. The molecule has 2 aromatic rings. The highest BCUT2D eigenvalue weighted by atomic mass is 19.3. The van der Waals surface area contributed by atoms with E-state index in [-0.39, 0.29) is 5.92 Å². The number of benzene rings is 1. The van der Waals surface area contributed by atoms with Crippen LogP contribution in [0.4, 0.5) is 8.78 Å². The van der Waals surface area contributed by atoms with E-state index >= 15 is 0 Å². The Bertz CT molecular complexity index is 686. The van der Waals surface area contributed by atoms with Crippen molar-refractivity contribution in [1.29, 1.82) is 0 Å². The van der Waals surface area contributed by atoms with Gasteiger partial charge in [-0.05, 0) is 18.1 Å². The average molecular weight is 307 g/mol. The Labute approximate surface area is 127 Å². The van der Waals surface area contributed by atoms with Gasteiger partial charge in [-0.2, -0.15) is 0 Å². The first kappa shape index (κ1) is 16.3. The summed E-state index contributed by atoms with van der Waals surface area (Å²) in [6.07, 6.45) is 0. The summed E-state index contributed by atoms with van der Waals surface area (Å²) in [4.78, 5) is 16.8. The van der Waals surface area contributed by atoms with Crippen molar-refractivity contribution in [3.63, 3.8) is 0 Å². The fraction of sp³-hybridized carbons (Fsp3) is 0.375. The fourth-order valence-corrected chi connectivity index (χ4v) is 2.06. The van der Waals surface area contributed by atoms with E-state index in [0.29, 0.717) is 16.5 Å². The van der Waals surface area contributed by atoms with E-state index in [0.717, 1.165) is 5.69 Å². The van der Waals surface area contributed by atoms with E-state index in [1.807, 2.05) is 19.9 Å². The first-order valence-corrected chi connectivity index (χ1v) is 7.10. The van der Waals surface area contributed by atoms with Crippen molar-refractivity contribution in [2.24, 2.45) is 5.73 Å². The van der Waals surface area contributed by atoms with Crippen LogP contribution >= 0.6 is 0 Å². The van der Waals surface area contributed by atoms with Crippen molar-refractivity contribution < 1.29 is 13.6 Å². The molecule has 118 valence electrons. The van der Waals surface area contributed by atoms with Crippen LogP contribution in [0.5, 0.6) is 0 Å². The Morgan fingerprint density at radius 3 is 2.68 bits per heavy atom. The van der Waals surface area contributed by atoms with E-state index in [2.05, 4.69) is 10.3 Å². The number of carbonyl (C=O) groups excluding carboxylic acids is 1. The average Bonchev–Trinajstić information content (AvgIpc) is 2.51. The number of nitrogens with two attached hydrogens (primary N) is 1. The molecule has 3 N–H and O–H groups in total. The minimum atomic E-state index is -3.11. The van der Waals surface area contributed by atoms with Gasteiger partial charge in [0.15, 0.2) is 0 Å². The number of carbonyl (C=O) groups is 1. The smallest absolute Gasteiger partial charge is 0.277 e. The predicted molar refractivity (Wildman–Crippen MR) is 82.2 cm³/mol. The molecule has 1 aromatic heterocycles. The Morgan fingerprint density at radius 1 is 1.36 bits per heavy atom. The molecule has 0 saturated heterocycles. The van der Waals surface area contributed by atoms with Crippen LogP contribution in [0.2, 0.25) is 0 Å². The molecule has 0 aliphatic heterocycles. The molecule has 0 unspecified atom stereocenters. The molecule has 1 heterocycles. The van der Waals surface area contributed by atoms with E-state index in [4.69, 9.17) is 5.73 Å². The second-order valence-corrected chi connectivity index (χ2v) is 5.51. The summed E-state index contributed by atoms with van der Waals surface area (Å²) in [5.41, 5.74) is 6.74. The Hall–Kier alpha value is -2.08. The van der Waals surface area contributed by atoms with Gasteiger partial charge in [0.25, 0.3) is 11.8 Å². The van der Waals surface area contributed by atoms with Gasteiger partial charge in [0, 0.05) is 11.1 Å². The number of aromatic nitrogens is 1. The van der Waals surface area contributed by atoms with E-state index in [1.54, 1.807) is 24.3 Å². The molecule has 22 heavy (non-hydrogen) atoms. The largest absolute Gasteiger partial charge is 0.346 e. The summed E-state index contributed by atoms with van der Waals surface area (Å²) in [6, 6.07) is 8.81. The molecular weight excluding hydrogens is 288 g/mol. The molecule has 0 fully saturated rings. The molecule has 4 nitrogen and oxygen atoms in total. The fourth-order valence-electron chi connectivity index (χ4n) is 2.06. The Morgan fingerprint density at radius 2 is 2.05 bits per heavy atom. The van der Waals surface area contributed by atoms with Gasteiger partial charge in [0.2, 0.25) is 0 Å². The normalized spacial score (nSPS) is 11.9. The first-order chi connectivity index (χ1) is 10.3. The first-order valence-electron chi connectivity index (χ1n) is 7.10. The number of nitrogens with one attached hydrogen (secondary N) is 1. The maximum atomic E-state index is 13.2. The lowest BCUT2D eigenvalue weighted by atomic mass is 10.0. The summed E-state index contributed by atoms with van der Waals surface area (Å²) in [5, 5.41) is 2.89. The van der Waals surface area contributed by atoms with Gasteiger partial charge in [0.1, 0.15) is 0 Å². The zero-order chi connectivity index (χ0) is 16.3. The number of hydrogen-bond acceptors (Lipinski definition) is 3. The van der Waals surface area contributed by atoms with Crippen LogP contribution in [0.1, 0.15) is 35.8 Å². The number of rotatable bonds is 5. The SMILES string of the molecule is CC(C)c1cc(C(=O)NCC(F)(F)CN)c2ccccc2n1. The number of hydrogen-bond donors (Lipinski definition) is 2. The van der Waals surface area contributed by atoms with Crippen molar-refractivity contribution >= 4 is 16.8 Å². The van der Waals surface area contributed by atoms with Gasteiger partial charge in [-0.25, -0.2) is 8.78 Å². The zero-order valence-electron chi connectivity index (χ0n) is 12.6. The van der Waals surface area contributed by atoms with Crippen molar-refractivity contribution in [3.05, 3.63) is 41.6 Å². The lowest BCUT2D eigenvalue weighted by molar-refractivity contribution is 0.0119. The van der Waals surface area contributed by atoms with Crippen molar-refractivity contribution in [1.82, 2.24) is 10.3 Å². The number of para-hydroxylation sites is 1. The number of fused-ring (bicyclic) bond motifs is 1. The molecule has 0 bridgehead atoms. The molecule has 1 aromatic carbocycles. The van der Waals surface area contributed by atoms with Crippen molar-refractivity contribution in [2.45, 2.75) is 25.7 Å². The number of nitrogens with zero attached hydrogens (tertiary/aromatic N) is 1. The van der Waals surface area contributed by atoms with Gasteiger partial charge in [-0.1, -0.05) is 32.0 Å². The van der Waals surface area contributed by atoms with Crippen LogP contribution in [-0.4, -0.2) is 29.9 Å². The minimum Gasteiger partial charge on any atom is -0.346 e. The topological polar surface area (TPSA) is 68.0 Å². The second-order valence-electron chi connectivity index (χ2n) is 5.51. The minimum absolute atomic E-state index is 0.127. The zero-order valence-corrected chi connectivity index (χ0v) is 12.6. The third-order valence-corrected chi connectivity index (χ3v) is 3.38. The summed E-state index contributed by atoms with van der Waals surface area (Å²) in [7, 11) is 0. The van der Waals surface area contributed by atoms with Crippen LogP contribution in [-0.2, 0) is 0 Å². The van der Waals surface area contributed by atoms with Gasteiger partial charge in [0.05, 0.1) is 24.2 Å². The van der Waals surface area contributed by atoms with Crippen molar-refractivity contribution in [3.8, 4) is 0 Å². The summed E-state index contributed by atoms with van der Waals surface area (Å²) in [5.74, 6) is -3.53. The molecule has 6 heteroatoms. The summed E-state index contributed by atoms with van der Waals surface area (Å²) in [6.45, 7) is 2.33. The number of amides is 1. The lowest BCUT2D eigenvalue weighted by Gasteiger charge is -2.16. The summed E-state index contributed by atoms with van der Waals surface area (Å²) < 4.78 is 26.4. The Balaban J connectivity index is 2.38. The molecule has 0 aliphatic rings. The van der Waals surface area contributed by atoms with Crippen LogP contribution in [0.15, 0.2) is 30.3 Å². The summed E-state index contributed by atoms with van der Waals surface area (Å²) >= 11 is 0. The predicted octanol–water partition coefficient (Wildman–Crippen LogP) is 2.68. The van der Waals surface area contributed by atoms with Gasteiger partial charge < -0.3 is 11.1 Å². The van der Waals surface area contributed by atoms with Crippen LogP contribution in [0.25, 0.3) is 10.9 Å². The molecule has 1 amide bonds. The molecule has 2 rings (SSSR count). The van der Waals surface area contributed by atoms with Crippen LogP contribution in [0.3, 0.4) is 0 Å². The molecule has 0 radical (unpaired) electrons. The Kier molecular flexibility index (Phi) is 4.71. The highest BCUT2D eigenvalue weighted by Gasteiger charge is 2.27. The second kappa shape index (κ2) is 6.36. The quantitative estimate of drug-likeness (QED) is 0.892. The molecule has 0 saturated carbocycles. The van der Waals surface area contributed by atoms with Crippen molar-refractivity contribution in [2.75, 3.05) is 13.1 Å². The highest BCUT2D eigenvalue weighted by molar-refractivity contribution is 6.06. The van der Waals surface area contributed by atoms with Crippen LogP contribution in [0, 0.1) is 0 Å². The van der Waals surface area contributed by atoms with E-state index < -0.39 is 24.9 Å². The maximum Gasteiger partial charge on any atom is 0.277 e. The monoisotopic (exact) mass is 307 g/mol. The molecule has 0 atom stereocenters. The van der Waals surface area contributed by atoms with Gasteiger partial charge >= 0.3 is 0 Å². The van der Waals surface area contributed by atoms with E-state index in [9.17, 15) is 13.6 Å². The number of pyridine rings is 1. The number of halogens is 2. The molecule has 0 spiro atoms. The van der Waals surface area contributed by atoms with Gasteiger partial charge in [-0.3, -0.25) is 9.78 Å². The third-order valence-electron chi connectivity index (χ3n) is 3.38. The lowest BCUT2D eigenvalue weighted by Crippen LogP contribution is -2.41. The van der Waals surface area contributed by atoms with E-state index in [1.165, 1.54) is 0 Å². The molecular formula is C16H19F2N3O. The van der Waals surface area contributed by atoms with Gasteiger partial charge in [-0.15, -0.1) is 0 Å². The highest BCUT2D eigenvalue weighted by Crippen LogP contribution is 2.22. The third kappa shape index (κ3) is 3.57. The number of alkyl halides is 2. The standard InChI is InChI=1S/C16H19F2N3O/c1-10(2)14-7-12(11-5-3-4-6-13(11)21-14)15(22)20-9-16(17,18)8-19/h3-7,10H,8-9,19H2,1-2H3,(H,20,22). The molecule has 0 aliphatic carbocycles.